The highest BCUT2D eigenvalue weighted by Gasteiger charge is 2.23. The van der Waals surface area contributed by atoms with E-state index in [2.05, 4.69) is 36.7 Å². The molecule has 15 heavy (non-hydrogen) atoms. The van der Waals surface area contributed by atoms with Crippen LogP contribution in [0.2, 0.25) is 0 Å². The highest BCUT2D eigenvalue weighted by atomic mass is 32.1. The van der Waals surface area contributed by atoms with Crippen molar-refractivity contribution in [1.82, 2.24) is 5.32 Å². The summed E-state index contributed by atoms with van der Waals surface area (Å²) >= 11 is 1.87. The van der Waals surface area contributed by atoms with E-state index >= 15 is 0 Å². The summed E-state index contributed by atoms with van der Waals surface area (Å²) in [5, 5.41) is 5.90. The number of rotatable bonds is 4. The lowest BCUT2D eigenvalue weighted by Gasteiger charge is -2.19. The highest BCUT2D eigenvalue weighted by molar-refractivity contribution is 7.10. The van der Waals surface area contributed by atoms with Gasteiger partial charge in [0.2, 0.25) is 0 Å². The zero-order valence-corrected chi connectivity index (χ0v) is 10.5. The van der Waals surface area contributed by atoms with Crippen molar-refractivity contribution in [2.75, 3.05) is 6.54 Å². The lowest BCUT2D eigenvalue weighted by Crippen LogP contribution is -2.33. The normalized spacial score (nSPS) is 28.1. The molecule has 0 saturated heterocycles. The monoisotopic (exact) mass is 223 g/mol. The van der Waals surface area contributed by atoms with Crippen molar-refractivity contribution in [2.45, 2.75) is 45.1 Å². The molecule has 1 aromatic rings. The Balaban J connectivity index is 1.78. The van der Waals surface area contributed by atoms with Crippen LogP contribution in [0.5, 0.6) is 0 Å². The van der Waals surface area contributed by atoms with Gasteiger partial charge in [0.15, 0.2) is 0 Å². The van der Waals surface area contributed by atoms with E-state index in [1.807, 2.05) is 11.3 Å². The first-order valence-corrected chi connectivity index (χ1v) is 6.92. The third-order valence-corrected chi connectivity index (χ3v) is 4.68. The van der Waals surface area contributed by atoms with Gasteiger partial charge in [0.1, 0.15) is 0 Å². The predicted molar refractivity (Wildman–Crippen MR) is 67.5 cm³/mol. The summed E-state index contributed by atoms with van der Waals surface area (Å²) in [5.41, 5.74) is 0. The Morgan fingerprint density at radius 2 is 2.40 bits per heavy atom. The summed E-state index contributed by atoms with van der Waals surface area (Å²) in [5.74, 6) is 1.54. The topological polar surface area (TPSA) is 12.0 Å². The van der Waals surface area contributed by atoms with Crippen LogP contribution in [0.4, 0.5) is 0 Å². The summed E-state index contributed by atoms with van der Waals surface area (Å²) in [6.45, 7) is 5.83. The van der Waals surface area contributed by atoms with E-state index in [-0.39, 0.29) is 0 Å². The van der Waals surface area contributed by atoms with E-state index in [1.165, 1.54) is 24.1 Å². The minimum atomic E-state index is 0.665. The SMILES string of the molecule is CC(CNC1CCCC1C)c1cccs1. The molecule has 1 N–H and O–H groups in total. The number of hydrogen-bond donors (Lipinski definition) is 1. The molecule has 1 aromatic heterocycles. The first-order valence-electron chi connectivity index (χ1n) is 6.04. The van der Waals surface area contributed by atoms with Crippen LogP contribution in [0, 0.1) is 5.92 Å². The van der Waals surface area contributed by atoms with Gasteiger partial charge in [-0.05, 0) is 30.2 Å². The van der Waals surface area contributed by atoms with E-state index in [0.717, 1.165) is 18.5 Å². The Morgan fingerprint density at radius 1 is 1.53 bits per heavy atom. The van der Waals surface area contributed by atoms with E-state index in [9.17, 15) is 0 Å². The second kappa shape index (κ2) is 5.13. The predicted octanol–water partition coefficient (Wildman–Crippen LogP) is 3.63. The molecule has 0 aliphatic heterocycles. The van der Waals surface area contributed by atoms with Gasteiger partial charge in [0, 0.05) is 23.4 Å². The molecule has 0 aromatic carbocycles. The van der Waals surface area contributed by atoms with E-state index in [0.29, 0.717) is 5.92 Å². The largest absolute Gasteiger partial charge is 0.313 e. The van der Waals surface area contributed by atoms with Crippen LogP contribution in [-0.2, 0) is 0 Å². The average Bonchev–Trinajstić information content (AvgIpc) is 2.85. The second-order valence-corrected chi connectivity index (χ2v) is 5.82. The van der Waals surface area contributed by atoms with Crippen LogP contribution < -0.4 is 5.32 Å². The van der Waals surface area contributed by atoms with Gasteiger partial charge in [0.25, 0.3) is 0 Å². The summed E-state index contributed by atoms with van der Waals surface area (Å²) in [6.07, 6.45) is 4.19. The van der Waals surface area contributed by atoms with E-state index < -0.39 is 0 Å². The van der Waals surface area contributed by atoms with Gasteiger partial charge in [-0.1, -0.05) is 26.3 Å². The van der Waals surface area contributed by atoms with Crippen molar-refractivity contribution in [3.8, 4) is 0 Å². The van der Waals surface area contributed by atoms with Crippen molar-refractivity contribution >= 4 is 11.3 Å². The third-order valence-electron chi connectivity index (χ3n) is 3.58. The fourth-order valence-electron chi connectivity index (χ4n) is 2.45. The van der Waals surface area contributed by atoms with Crippen molar-refractivity contribution in [2.24, 2.45) is 5.92 Å². The molecule has 1 saturated carbocycles. The van der Waals surface area contributed by atoms with Crippen LogP contribution in [0.15, 0.2) is 17.5 Å². The van der Waals surface area contributed by atoms with Gasteiger partial charge >= 0.3 is 0 Å². The molecule has 1 aliphatic rings. The number of hydrogen-bond acceptors (Lipinski definition) is 2. The lowest BCUT2D eigenvalue weighted by atomic mass is 10.0. The fraction of sp³-hybridized carbons (Fsp3) is 0.692. The Morgan fingerprint density at radius 3 is 3.00 bits per heavy atom. The minimum Gasteiger partial charge on any atom is -0.313 e. The summed E-state index contributed by atoms with van der Waals surface area (Å²) in [7, 11) is 0. The lowest BCUT2D eigenvalue weighted by molar-refractivity contribution is 0.417. The molecule has 3 atom stereocenters. The zero-order chi connectivity index (χ0) is 10.7. The summed E-state index contributed by atoms with van der Waals surface area (Å²) in [4.78, 5) is 1.51. The zero-order valence-electron chi connectivity index (χ0n) is 9.70. The minimum absolute atomic E-state index is 0.665. The van der Waals surface area contributed by atoms with Crippen LogP contribution in [0.25, 0.3) is 0 Å². The maximum absolute atomic E-state index is 3.73. The van der Waals surface area contributed by atoms with Gasteiger partial charge in [-0.25, -0.2) is 0 Å². The maximum atomic E-state index is 3.73. The molecule has 84 valence electrons. The van der Waals surface area contributed by atoms with E-state index in [1.54, 1.807) is 0 Å². The van der Waals surface area contributed by atoms with Crippen LogP contribution in [0.1, 0.15) is 43.9 Å². The van der Waals surface area contributed by atoms with Gasteiger partial charge in [-0.15, -0.1) is 11.3 Å². The molecule has 2 rings (SSSR count). The van der Waals surface area contributed by atoms with Crippen LogP contribution in [-0.4, -0.2) is 12.6 Å². The van der Waals surface area contributed by atoms with Crippen molar-refractivity contribution < 1.29 is 0 Å². The standard InChI is InChI=1S/C13H21NS/c1-10-5-3-6-12(10)14-9-11(2)13-7-4-8-15-13/h4,7-8,10-12,14H,3,5-6,9H2,1-2H3. The molecule has 0 radical (unpaired) electrons. The van der Waals surface area contributed by atoms with Crippen LogP contribution in [0.3, 0.4) is 0 Å². The van der Waals surface area contributed by atoms with Gasteiger partial charge in [-0.3, -0.25) is 0 Å². The van der Waals surface area contributed by atoms with E-state index in [4.69, 9.17) is 0 Å². The Labute approximate surface area is 96.9 Å². The molecule has 0 amide bonds. The van der Waals surface area contributed by atoms with Gasteiger partial charge in [-0.2, -0.15) is 0 Å². The maximum Gasteiger partial charge on any atom is 0.00929 e. The second-order valence-electron chi connectivity index (χ2n) is 4.84. The van der Waals surface area contributed by atoms with Gasteiger partial charge < -0.3 is 5.32 Å². The smallest absolute Gasteiger partial charge is 0.00929 e. The first-order chi connectivity index (χ1) is 7.27. The molecule has 2 heteroatoms. The van der Waals surface area contributed by atoms with Gasteiger partial charge in [0.05, 0.1) is 0 Å². The molecular weight excluding hydrogens is 202 g/mol. The third kappa shape index (κ3) is 2.82. The Kier molecular flexibility index (Phi) is 3.81. The molecule has 1 aliphatic carbocycles. The summed E-state index contributed by atoms with van der Waals surface area (Å²) < 4.78 is 0. The molecular formula is C13H21NS. The summed E-state index contributed by atoms with van der Waals surface area (Å²) in [6, 6.07) is 5.16. The number of nitrogens with one attached hydrogen (secondary N) is 1. The first kappa shape index (κ1) is 11.2. The average molecular weight is 223 g/mol. The molecule has 1 heterocycles. The number of thiophene rings is 1. The highest BCUT2D eigenvalue weighted by Crippen LogP contribution is 2.26. The molecule has 1 fully saturated rings. The molecule has 0 bridgehead atoms. The Bertz CT molecular complexity index is 281. The molecule has 0 spiro atoms. The Hall–Kier alpha value is -0.340. The van der Waals surface area contributed by atoms with Crippen molar-refractivity contribution in [3.63, 3.8) is 0 Å². The molecule has 1 nitrogen and oxygen atoms in total. The van der Waals surface area contributed by atoms with Crippen molar-refractivity contribution in [3.05, 3.63) is 22.4 Å². The van der Waals surface area contributed by atoms with Crippen molar-refractivity contribution in [1.29, 1.82) is 0 Å². The molecule has 3 unspecified atom stereocenters. The fourth-order valence-corrected chi connectivity index (χ4v) is 3.24. The van der Waals surface area contributed by atoms with Crippen LogP contribution >= 0.6 is 11.3 Å². The quantitative estimate of drug-likeness (QED) is 0.822.